The zero-order chi connectivity index (χ0) is 15.2. The van der Waals surface area contributed by atoms with Crippen LogP contribution in [0.4, 0.5) is 11.4 Å². The molecule has 21 heavy (non-hydrogen) atoms. The van der Waals surface area contributed by atoms with Gasteiger partial charge in [-0.1, -0.05) is 6.92 Å². The minimum atomic E-state index is -0.422. The molecule has 0 saturated carbocycles. The molecule has 114 valence electrons. The summed E-state index contributed by atoms with van der Waals surface area (Å²) in [5.41, 5.74) is 1.63. The second-order valence-electron chi connectivity index (χ2n) is 4.89. The van der Waals surface area contributed by atoms with Crippen molar-refractivity contribution in [3.05, 3.63) is 33.9 Å². The summed E-state index contributed by atoms with van der Waals surface area (Å²) in [6.45, 7) is 4.27. The third-order valence-corrected chi connectivity index (χ3v) is 3.31. The lowest BCUT2D eigenvalue weighted by Crippen LogP contribution is -2.41. The molecule has 7 nitrogen and oxygen atoms in total. The van der Waals surface area contributed by atoms with Crippen molar-refractivity contribution in [3.63, 3.8) is 0 Å². The van der Waals surface area contributed by atoms with Crippen molar-refractivity contribution in [2.75, 3.05) is 31.6 Å². The number of benzene rings is 1. The fraction of sp³-hybridized carbons (Fsp3) is 0.500. The normalized spacial score (nSPS) is 15.1. The highest BCUT2D eigenvalue weighted by Gasteiger charge is 2.21. The molecule has 0 aliphatic carbocycles. The van der Waals surface area contributed by atoms with Gasteiger partial charge in [0.05, 0.1) is 11.5 Å². The molecule has 1 aromatic rings. The highest BCUT2D eigenvalue weighted by atomic mass is 16.6. The first-order chi connectivity index (χ1) is 10.1. The number of hydrogen-bond acceptors (Lipinski definition) is 5. The Morgan fingerprint density at radius 3 is 2.95 bits per heavy atom. The maximum atomic E-state index is 11.8. The van der Waals surface area contributed by atoms with E-state index in [1.807, 2.05) is 6.92 Å². The first-order valence-electron chi connectivity index (χ1n) is 6.98. The first-order valence-corrected chi connectivity index (χ1v) is 6.98. The first kappa shape index (κ1) is 15.2. The summed E-state index contributed by atoms with van der Waals surface area (Å²) in [6.07, 6.45) is 0.951. The number of nitro benzene ring substituents is 1. The van der Waals surface area contributed by atoms with E-state index in [4.69, 9.17) is 4.74 Å². The summed E-state index contributed by atoms with van der Waals surface area (Å²) in [5, 5.41) is 14.2. The number of morpholine rings is 1. The third kappa shape index (κ3) is 3.91. The molecule has 1 aliphatic rings. The number of carbonyl (C=O) groups excluding carboxylic acids is 1. The summed E-state index contributed by atoms with van der Waals surface area (Å²) < 4.78 is 5.09. The fourth-order valence-electron chi connectivity index (χ4n) is 2.18. The minimum absolute atomic E-state index is 0.0350. The fourth-order valence-corrected chi connectivity index (χ4v) is 2.18. The van der Waals surface area contributed by atoms with Crippen molar-refractivity contribution >= 4 is 17.3 Å². The van der Waals surface area contributed by atoms with Crippen molar-refractivity contribution in [2.45, 2.75) is 19.9 Å². The lowest BCUT2D eigenvalue weighted by Gasteiger charge is -2.27. The molecular weight excluding hydrogens is 274 g/mol. The van der Waals surface area contributed by atoms with E-state index in [1.54, 1.807) is 11.0 Å². The number of ether oxygens (including phenoxy) is 1. The molecule has 1 N–H and O–H groups in total. The second-order valence-corrected chi connectivity index (χ2v) is 4.89. The number of nitrogens with zero attached hydrogens (tertiary/aromatic N) is 2. The summed E-state index contributed by atoms with van der Waals surface area (Å²) in [6, 6.07) is 4.71. The summed E-state index contributed by atoms with van der Waals surface area (Å²) in [7, 11) is 0. The van der Waals surface area contributed by atoms with Gasteiger partial charge in [0, 0.05) is 43.0 Å². The molecular formula is C14H19N3O4. The minimum Gasteiger partial charge on any atom is -0.385 e. The second kappa shape index (κ2) is 7.03. The smallest absolute Gasteiger partial charge is 0.269 e. The Labute approximate surface area is 123 Å². The van der Waals surface area contributed by atoms with Crippen LogP contribution in [-0.2, 0) is 16.1 Å². The molecule has 0 spiro atoms. The summed E-state index contributed by atoms with van der Waals surface area (Å²) in [4.78, 5) is 24.0. The Balaban J connectivity index is 2.22. The molecule has 0 unspecified atom stereocenters. The van der Waals surface area contributed by atoms with Gasteiger partial charge in [0.25, 0.3) is 5.69 Å². The molecule has 1 aromatic carbocycles. The molecule has 0 radical (unpaired) electrons. The largest absolute Gasteiger partial charge is 0.385 e. The molecule has 0 atom stereocenters. The Morgan fingerprint density at radius 2 is 2.29 bits per heavy atom. The third-order valence-electron chi connectivity index (χ3n) is 3.31. The van der Waals surface area contributed by atoms with Crippen molar-refractivity contribution in [1.29, 1.82) is 0 Å². The summed E-state index contributed by atoms with van der Waals surface area (Å²) >= 11 is 0. The van der Waals surface area contributed by atoms with Crippen molar-refractivity contribution in [2.24, 2.45) is 0 Å². The Kier molecular flexibility index (Phi) is 5.10. The summed E-state index contributed by atoms with van der Waals surface area (Å²) in [5.74, 6) is -0.0887. The molecule has 0 aromatic heterocycles. The molecule has 0 bridgehead atoms. The van der Waals surface area contributed by atoms with Gasteiger partial charge >= 0.3 is 0 Å². The zero-order valence-electron chi connectivity index (χ0n) is 12.0. The molecule has 1 saturated heterocycles. The van der Waals surface area contributed by atoms with Crippen LogP contribution in [0.3, 0.4) is 0 Å². The number of non-ortho nitro benzene ring substituents is 1. The van der Waals surface area contributed by atoms with E-state index in [-0.39, 0.29) is 18.2 Å². The standard InChI is InChI=1S/C14H19N3O4/c1-2-5-15-13-4-3-12(17(19)20)8-11(13)9-16-6-7-21-10-14(16)18/h3-4,8,15H,2,5-7,9-10H2,1H3. The number of amides is 1. The molecule has 1 aliphatic heterocycles. The lowest BCUT2D eigenvalue weighted by molar-refractivity contribution is -0.384. The molecule has 1 heterocycles. The van der Waals surface area contributed by atoms with Crippen LogP contribution in [0.25, 0.3) is 0 Å². The van der Waals surface area contributed by atoms with Crippen LogP contribution in [0.15, 0.2) is 18.2 Å². The van der Waals surface area contributed by atoms with E-state index in [0.29, 0.717) is 19.7 Å². The highest BCUT2D eigenvalue weighted by Crippen LogP contribution is 2.24. The topological polar surface area (TPSA) is 84.7 Å². The van der Waals surface area contributed by atoms with Crippen LogP contribution in [0.5, 0.6) is 0 Å². The van der Waals surface area contributed by atoms with Crippen molar-refractivity contribution in [1.82, 2.24) is 4.90 Å². The van der Waals surface area contributed by atoms with Crippen LogP contribution in [0.1, 0.15) is 18.9 Å². The quantitative estimate of drug-likeness (QED) is 0.638. The maximum Gasteiger partial charge on any atom is 0.269 e. The number of nitro groups is 1. The molecule has 7 heteroatoms. The van der Waals surface area contributed by atoms with Crippen LogP contribution in [0, 0.1) is 10.1 Å². The van der Waals surface area contributed by atoms with Crippen molar-refractivity contribution < 1.29 is 14.5 Å². The van der Waals surface area contributed by atoms with Crippen LogP contribution in [-0.4, -0.2) is 42.0 Å². The average molecular weight is 293 g/mol. The predicted molar refractivity (Wildman–Crippen MR) is 78.1 cm³/mol. The van der Waals surface area contributed by atoms with E-state index in [0.717, 1.165) is 24.2 Å². The van der Waals surface area contributed by atoms with E-state index >= 15 is 0 Å². The van der Waals surface area contributed by atoms with Gasteiger partial charge in [-0.2, -0.15) is 0 Å². The van der Waals surface area contributed by atoms with Crippen molar-refractivity contribution in [3.8, 4) is 0 Å². The molecule has 2 rings (SSSR count). The molecule has 1 fully saturated rings. The molecule has 1 amide bonds. The zero-order valence-corrected chi connectivity index (χ0v) is 12.0. The number of carbonyl (C=O) groups is 1. The SMILES string of the molecule is CCCNc1ccc([N+](=O)[O-])cc1CN1CCOCC1=O. The van der Waals surface area contributed by atoms with E-state index < -0.39 is 4.92 Å². The van der Waals surface area contributed by atoms with E-state index in [1.165, 1.54) is 12.1 Å². The Bertz CT molecular complexity index is 533. The van der Waals surface area contributed by atoms with Gasteiger partial charge in [-0.25, -0.2) is 0 Å². The predicted octanol–water partition coefficient (Wildman–Crippen LogP) is 1.78. The van der Waals surface area contributed by atoms with Crippen LogP contribution >= 0.6 is 0 Å². The number of hydrogen-bond donors (Lipinski definition) is 1. The van der Waals surface area contributed by atoms with Gasteiger partial charge < -0.3 is 15.0 Å². The van der Waals surface area contributed by atoms with Gasteiger partial charge in [0.1, 0.15) is 6.61 Å². The van der Waals surface area contributed by atoms with E-state index in [9.17, 15) is 14.9 Å². The van der Waals surface area contributed by atoms with Gasteiger partial charge in [-0.3, -0.25) is 14.9 Å². The number of nitrogens with one attached hydrogen (secondary N) is 1. The van der Waals surface area contributed by atoms with Gasteiger partial charge in [-0.05, 0) is 12.5 Å². The average Bonchev–Trinajstić information content (AvgIpc) is 2.48. The van der Waals surface area contributed by atoms with Gasteiger partial charge in [0.2, 0.25) is 5.91 Å². The van der Waals surface area contributed by atoms with Gasteiger partial charge in [-0.15, -0.1) is 0 Å². The maximum absolute atomic E-state index is 11.8. The van der Waals surface area contributed by atoms with Crippen LogP contribution in [0.2, 0.25) is 0 Å². The lowest BCUT2D eigenvalue weighted by atomic mass is 10.1. The number of anilines is 1. The van der Waals surface area contributed by atoms with Gasteiger partial charge in [0.15, 0.2) is 0 Å². The Hall–Kier alpha value is -2.15. The monoisotopic (exact) mass is 293 g/mol. The van der Waals surface area contributed by atoms with Crippen LogP contribution < -0.4 is 5.32 Å². The van der Waals surface area contributed by atoms with E-state index in [2.05, 4.69) is 5.32 Å². The Morgan fingerprint density at radius 1 is 1.48 bits per heavy atom. The highest BCUT2D eigenvalue weighted by molar-refractivity contribution is 5.78. The number of rotatable bonds is 6.